The molecule has 0 atom stereocenters. The van der Waals surface area contributed by atoms with E-state index >= 15 is 0 Å². The minimum atomic E-state index is -4.53. The fraction of sp³-hybridized carbons (Fsp3) is 0.100. The Morgan fingerprint density at radius 3 is 2.44 bits per heavy atom. The molecule has 0 saturated carbocycles. The molecule has 2 aromatic rings. The molecular weight excluding hydrogens is 273 g/mol. The number of hydrogen-bond donors (Lipinski definition) is 1. The highest BCUT2D eigenvalue weighted by molar-refractivity contribution is 6.32. The summed E-state index contributed by atoms with van der Waals surface area (Å²) in [6, 6.07) is 2.64. The molecule has 0 unspecified atom stereocenters. The lowest BCUT2D eigenvalue weighted by Gasteiger charge is -2.07. The van der Waals surface area contributed by atoms with Crippen LogP contribution in [0.2, 0.25) is 5.15 Å². The molecule has 0 aliphatic heterocycles. The lowest BCUT2D eigenvalue weighted by atomic mass is 10.2. The summed E-state index contributed by atoms with van der Waals surface area (Å²) in [7, 11) is 0. The van der Waals surface area contributed by atoms with Crippen molar-refractivity contribution < 1.29 is 23.1 Å². The van der Waals surface area contributed by atoms with Crippen LogP contribution in [0.4, 0.5) is 13.2 Å². The van der Waals surface area contributed by atoms with Crippen LogP contribution in [-0.2, 0) is 6.18 Å². The van der Waals surface area contributed by atoms with Gasteiger partial charge in [-0.2, -0.15) is 13.2 Å². The molecular formula is C10H4ClF3N2O2. The lowest BCUT2D eigenvalue weighted by molar-refractivity contribution is -0.137. The van der Waals surface area contributed by atoms with Gasteiger partial charge in [-0.1, -0.05) is 11.6 Å². The Balaban J connectivity index is 2.69. The summed E-state index contributed by atoms with van der Waals surface area (Å²) in [4.78, 5) is 18.0. The topological polar surface area (TPSA) is 63.1 Å². The van der Waals surface area contributed by atoms with Gasteiger partial charge >= 0.3 is 12.1 Å². The van der Waals surface area contributed by atoms with E-state index in [1.54, 1.807) is 0 Å². The monoisotopic (exact) mass is 276 g/mol. The Bertz CT molecular complexity index is 643. The van der Waals surface area contributed by atoms with Gasteiger partial charge < -0.3 is 5.11 Å². The summed E-state index contributed by atoms with van der Waals surface area (Å²) in [6.45, 7) is 0. The number of halogens is 4. The molecule has 0 aliphatic rings. The van der Waals surface area contributed by atoms with Crippen molar-refractivity contribution in [3.8, 4) is 0 Å². The highest BCUT2D eigenvalue weighted by Crippen LogP contribution is 2.31. The van der Waals surface area contributed by atoms with Crippen molar-refractivity contribution in [2.24, 2.45) is 0 Å². The highest BCUT2D eigenvalue weighted by Gasteiger charge is 2.30. The summed E-state index contributed by atoms with van der Waals surface area (Å²) in [5.74, 6) is -1.45. The molecule has 1 N–H and O–H groups in total. The van der Waals surface area contributed by atoms with Gasteiger partial charge in [-0.3, -0.25) is 0 Å². The van der Waals surface area contributed by atoms with Crippen LogP contribution < -0.4 is 0 Å². The van der Waals surface area contributed by atoms with Crippen LogP contribution in [-0.4, -0.2) is 21.0 Å². The maximum Gasteiger partial charge on any atom is 0.416 e. The first kappa shape index (κ1) is 12.6. The molecule has 0 fully saturated rings. The molecule has 0 bridgehead atoms. The van der Waals surface area contributed by atoms with Crippen LogP contribution in [0.1, 0.15) is 16.1 Å². The van der Waals surface area contributed by atoms with Gasteiger partial charge in [0, 0.05) is 0 Å². The molecule has 1 aromatic carbocycles. The molecule has 0 spiro atoms. The van der Waals surface area contributed by atoms with Gasteiger partial charge in [0.1, 0.15) is 0 Å². The van der Waals surface area contributed by atoms with Crippen molar-refractivity contribution in [2.75, 3.05) is 0 Å². The predicted octanol–water partition coefficient (Wildman–Crippen LogP) is 3.00. The molecule has 4 nitrogen and oxygen atoms in total. The third-order valence-electron chi connectivity index (χ3n) is 2.15. The normalized spacial score (nSPS) is 11.8. The zero-order valence-corrected chi connectivity index (χ0v) is 9.25. The van der Waals surface area contributed by atoms with E-state index in [-0.39, 0.29) is 16.2 Å². The number of fused-ring (bicyclic) bond motifs is 1. The standard InChI is InChI=1S/C10H4ClF3N2O2/c11-8-7(9(17)18)15-6-3-4(10(12,13)14)1-2-5(6)16-8/h1-3H,(H,17,18). The van der Waals surface area contributed by atoms with E-state index in [2.05, 4.69) is 9.97 Å². The van der Waals surface area contributed by atoms with E-state index in [1.807, 2.05) is 0 Å². The maximum atomic E-state index is 12.5. The number of hydrogen-bond acceptors (Lipinski definition) is 3. The van der Waals surface area contributed by atoms with Crippen LogP contribution in [0.15, 0.2) is 18.2 Å². The second-order valence-electron chi connectivity index (χ2n) is 3.37. The number of carboxylic acid groups (broad SMARTS) is 1. The largest absolute Gasteiger partial charge is 0.476 e. The van der Waals surface area contributed by atoms with E-state index in [0.29, 0.717) is 0 Å². The van der Waals surface area contributed by atoms with E-state index in [0.717, 1.165) is 18.2 Å². The fourth-order valence-corrected chi connectivity index (χ4v) is 1.56. The Hall–Kier alpha value is -1.89. The Kier molecular flexibility index (Phi) is 2.86. The molecule has 1 heterocycles. The predicted molar refractivity (Wildman–Crippen MR) is 56.5 cm³/mol. The Morgan fingerprint density at radius 2 is 1.89 bits per heavy atom. The van der Waals surface area contributed by atoms with Crippen molar-refractivity contribution in [3.05, 3.63) is 34.6 Å². The minimum absolute atomic E-state index is 0.0954. The zero-order valence-electron chi connectivity index (χ0n) is 8.49. The number of rotatable bonds is 1. The Morgan fingerprint density at radius 1 is 1.22 bits per heavy atom. The molecule has 8 heteroatoms. The first-order chi connectivity index (χ1) is 8.29. The summed E-state index contributed by atoms with van der Waals surface area (Å²) in [5, 5.41) is 8.38. The summed E-state index contributed by atoms with van der Waals surface area (Å²) in [6.07, 6.45) is -4.53. The number of carbonyl (C=O) groups is 1. The summed E-state index contributed by atoms with van der Waals surface area (Å²) >= 11 is 5.55. The van der Waals surface area contributed by atoms with Gasteiger partial charge in [0.05, 0.1) is 16.6 Å². The molecule has 1 aromatic heterocycles. The molecule has 0 aliphatic carbocycles. The fourth-order valence-electron chi connectivity index (χ4n) is 1.35. The van der Waals surface area contributed by atoms with Crippen molar-refractivity contribution >= 4 is 28.6 Å². The molecule has 2 rings (SSSR count). The third-order valence-corrected chi connectivity index (χ3v) is 2.42. The summed E-state index contributed by atoms with van der Waals surface area (Å²) < 4.78 is 37.4. The van der Waals surface area contributed by atoms with E-state index in [4.69, 9.17) is 16.7 Å². The maximum absolute atomic E-state index is 12.5. The first-order valence-corrected chi connectivity index (χ1v) is 4.94. The van der Waals surface area contributed by atoms with Crippen LogP contribution in [0.5, 0.6) is 0 Å². The van der Waals surface area contributed by atoms with Crippen molar-refractivity contribution in [1.82, 2.24) is 9.97 Å². The van der Waals surface area contributed by atoms with Crippen LogP contribution in [0.3, 0.4) is 0 Å². The van der Waals surface area contributed by atoms with Gasteiger partial charge in [-0.25, -0.2) is 14.8 Å². The highest BCUT2D eigenvalue weighted by atomic mass is 35.5. The van der Waals surface area contributed by atoms with Crippen LogP contribution >= 0.6 is 11.6 Å². The summed E-state index contributed by atoms with van der Waals surface area (Å²) in [5.41, 5.74) is -1.59. The number of carboxylic acids is 1. The van der Waals surface area contributed by atoms with E-state index < -0.39 is 23.4 Å². The first-order valence-electron chi connectivity index (χ1n) is 4.57. The molecule has 94 valence electrons. The lowest BCUT2D eigenvalue weighted by Crippen LogP contribution is -2.07. The van der Waals surface area contributed by atoms with E-state index in [1.165, 1.54) is 0 Å². The molecule has 18 heavy (non-hydrogen) atoms. The smallest absolute Gasteiger partial charge is 0.416 e. The van der Waals surface area contributed by atoms with Crippen LogP contribution in [0, 0.1) is 0 Å². The van der Waals surface area contributed by atoms with Gasteiger partial charge in [0.15, 0.2) is 10.8 Å². The minimum Gasteiger partial charge on any atom is -0.476 e. The van der Waals surface area contributed by atoms with Crippen molar-refractivity contribution in [3.63, 3.8) is 0 Å². The molecule has 0 radical (unpaired) electrons. The second-order valence-corrected chi connectivity index (χ2v) is 3.73. The number of aromatic carboxylic acids is 1. The van der Waals surface area contributed by atoms with Gasteiger partial charge in [-0.15, -0.1) is 0 Å². The third kappa shape index (κ3) is 2.21. The van der Waals surface area contributed by atoms with E-state index in [9.17, 15) is 18.0 Å². The van der Waals surface area contributed by atoms with Crippen molar-refractivity contribution in [1.29, 1.82) is 0 Å². The molecule has 0 saturated heterocycles. The average Bonchev–Trinajstić information content (AvgIpc) is 2.25. The zero-order chi connectivity index (χ0) is 13.5. The number of alkyl halides is 3. The second kappa shape index (κ2) is 4.09. The van der Waals surface area contributed by atoms with Crippen molar-refractivity contribution in [2.45, 2.75) is 6.18 Å². The molecule has 0 amide bonds. The number of nitrogens with zero attached hydrogens (tertiary/aromatic N) is 2. The quantitative estimate of drug-likeness (QED) is 0.870. The Labute approximate surface area is 103 Å². The van der Waals surface area contributed by atoms with Gasteiger partial charge in [0.2, 0.25) is 0 Å². The SMILES string of the molecule is O=C(O)c1nc2cc(C(F)(F)F)ccc2nc1Cl. The van der Waals surface area contributed by atoms with Gasteiger partial charge in [-0.05, 0) is 18.2 Å². The number of benzene rings is 1. The number of aromatic nitrogens is 2. The van der Waals surface area contributed by atoms with Crippen LogP contribution in [0.25, 0.3) is 11.0 Å². The average molecular weight is 277 g/mol. The van der Waals surface area contributed by atoms with Gasteiger partial charge in [0.25, 0.3) is 0 Å².